The van der Waals surface area contributed by atoms with E-state index in [4.69, 9.17) is 5.73 Å². The lowest BCUT2D eigenvalue weighted by Crippen LogP contribution is -2.18. The minimum Gasteiger partial charge on any atom is -0.388 e. The molecule has 0 heterocycles. The molecule has 0 spiro atoms. The smallest absolute Gasteiger partial charge is 0.0838 e. The van der Waals surface area contributed by atoms with Gasteiger partial charge in [0.2, 0.25) is 0 Å². The molecule has 2 heteroatoms. The fourth-order valence-electron chi connectivity index (χ4n) is 1.39. The summed E-state index contributed by atoms with van der Waals surface area (Å²) in [7, 11) is 0. The van der Waals surface area contributed by atoms with E-state index in [-0.39, 0.29) is 5.41 Å². The van der Waals surface area contributed by atoms with Gasteiger partial charge in [0, 0.05) is 6.54 Å². The Balaban J connectivity index is 2.95. The van der Waals surface area contributed by atoms with E-state index in [0.717, 1.165) is 11.1 Å². The lowest BCUT2D eigenvalue weighted by atomic mass is 9.84. The van der Waals surface area contributed by atoms with Gasteiger partial charge in [0.05, 0.1) is 6.10 Å². The van der Waals surface area contributed by atoms with Crippen molar-refractivity contribution in [3.05, 3.63) is 35.4 Å². The molecule has 0 bridgehead atoms. The molecule has 1 aromatic carbocycles. The zero-order chi connectivity index (χ0) is 10.8. The third-order valence-electron chi connectivity index (χ3n) is 2.32. The number of hydrogen-bond donors (Lipinski definition) is 2. The van der Waals surface area contributed by atoms with E-state index in [1.165, 1.54) is 0 Å². The minimum atomic E-state index is -0.436. The van der Waals surface area contributed by atoms with Crippen LogP contribution in [0.3, 0.4) is 0 Å². The van der Waals surface area contributed by atoms with Crippen LogP contribution >= 0.6 is 0 Å². The second kappa shape index (κ2) is 4.11. The van der Waals surface area contributed by atoms with Crippen molar-refractivity contribution in [3.63, 3.8) is 0 Å². The summed E-state index contributed by atoms with van der Waals surface area (Å²) in [5.41, 5.74) is 7.42. The van der Waals surface area contributed by atoms with Gasteiger partial charge in [-0.2, -0.15) is 0 Å². The van der Waals surface area contributed by atoms with Crippen molar-refractivity contribution in [2.24, 2.45) is 11.1 Å². The Labute approximate surface area is 85.8 Å². The van der Waals surface area contributed by atoms with Crippen LogP contribution in [0.1, 0.15) is 38.0 Å². The zero-order valence-electron chi connectivity index (χ0n) is 9.12. The van der Waals surface area contributed by atoms with Crippen LogP contribution in [-0.4, -0.2) is 5.11 Å². The predicted molar refractivity (Wildman–Crippen MR) is 58.7 cm³/mol. The maximum absolute atomic E-state index is 10.0. The summed E-state index contributed by atoms with van der Waals surface area (Å²) >= 11 is 0. The Hall–Kier alpha value is -0.860. The summed E-state index contributed by atoms with van der Waals surface area (Å²) < 4.78 is 0. The van der Waals surface area contributed by atoms with Gasteiger partial charge in [-0.25, -0.2) is 0 Å². The van der Waals surface area contributed by atoms with Gasteiger partial charge in [0.1, 0.15) is 0 Å². The van der Waals surface area contributed by atoms with Gasteiger partial charge in [-0.3, -0.25) is 0 Å². The van der Waals surface area contributed by atoms with Gasteiger partial charge in [0.15, 0.2) is 0 Å². The molecule has 0 aromatic heterocycles. The molecule has 1 aromatic rings. The number of aliphatic hydroxyl groups is 1. The van der Waals surface area contributed by atoms with Crippen molar-refractivity contribution in [2.45, 2.75) is 33.4 Å². The van der Waals surface area contributed by atoms with Gasteiger partial charge in [-0.1, -0.05) is 45.0 Å². The second-order valence-electron chi connectivity index (χ2n) is 4.72. The molecule has 0 saturated carbocycles. The highest BCUT2D eigenvalue weighted by molar-refractivity contribution is 5.25. The monoisotopic (exact) mass is 193 g/mol. The third kappa shape index (κ3) is 2.56. The van der Waals surface area contributed by atoms with E-state index >= 15 is 0 Å². The molecule has 0 fully saturated rings. The molecule has 0 saturated heterocycles. The van der Waals surface area contributed by atoms with E-state index in [1.807, 2.05) is 45.0 Å². The highest BCUT2D eigenvalue weighted by atomic mass is 16.3. The maximum atomic E-state index is 10.0. The number of nitrogens with two attached hydrogens (primary N) is 1. The predicted octanol–water partition coefficient (Wildman–Crippen LogP) is 2.22. The molecule has 78 valence electrons. The van der Waals surface area contributed by atoms with E-state index in [9.17, 15) is 5.11 Å². The third-order valence-corrected chi connectivity index (χ3v) is 2.32. The van der Waals surface area contributed by atoms with Gasteiger partial charge in [-0.05, 0) is 16.5 Å². The molecule has 0 aliphatic heterocycles. The summed E-state index contributed by atoms with van der Waals surface area (Å²) in [5.74, 6) is 0. The summed E-state index contributed by atoms with van der Waals surface area (Å²) in [5, 5.41) is 10.0. The molecule has 3 N–H and O–H groups in total. The highest BCUT2D eigenvalue weighted by Gasteiger charge is 2.23. The van der Waals surface area contributed by atoms with Crippen LogP contribution in [0.2, 0.25) is 0 Å². The SMILES string of the molecule is CC(C)(C)C(O)c1cccc(CN)c1. The number of aliphatic hydroxyl groups excluding tert-OH is 1. The summed E-state index contributed by atoms with van der Waals surface area (Å²) in [6.45, 7) is 6.58. The molecule has 1 rings (SSSR count). The first kappa shape index (κ1) is 11.2. The number of hydrogen-bond acceptors (Lipinski definition) is 2. The van der Waals surface area contributed by atoms with Crippen molar-refractivity contribution in [2.75, 3.05) is 0 Å². The van der Waals surface area contributed by atoms with Crippen LogP contribution in [0.15, 0.2) is 24.3 Å². The van der Waals surface area contributed by atoms with Crippen LogP contribution in [0.4, 0.5) is 0 Å². The van der Waals surface area contributed by atoms with E-state index < -0.39 is 6.10 Å². The minimum absolute atomic E-state index is 0.132. The van der Waals surface area contributed by atoms with Crippen molar-refractivity contribution < 1.29 is 5.11 Å². The maximum Gasteiger partial charge on any atom is 0.0838 e. The van der Waals surface area contributed by atoms with Gasteiger partial charge < -0.3 is 10.8 Å². The van der Waals surface area contributed by atoms with Crippen LogP contribution in [0, 0.1) is 5.41 Å². The van der Waals surface area contributed by atoms with Crippen molar-refractivity contribution in [3.8, 4) is 0 Å². The molecule has 14 heavy (non-hydrogen) atoms. The van der Waals surface area contributed by atoms with Crippen molar-refractivity contribution in [1.82, 2.24) is 0 Å². The van der Waals surface area contributed by atoms with Gasteiger partial charge >= 0.3 is 0 Å². The summed E-state index contributed by atoms with van der Waals surface area (Å²) in [4.78, 5) is 0. The Morgan fingerprint density at radius 2 is 2.00 bits per heavy atom. The van der Waals surface area contributed by atoms with Crippen molar-refractivity contribution in [1.29, 1.82) is 0 Å². The number of benzene rings is 1. The Bertz CT molecular complexity index is 301. The Kier molecular flexibility index (Phi) is 3.29. The molecule has 0 aliphatic rings. The largest absolute Gasteiger partial charge is 0.388 e. The molecule has 2 nitrogen and oxygen atoms in total. The normalized spacial score (nSPS) is 14.1. The fraction of sp³-hybridized carbons (Fsp3) is 0.500. The molecular weight excluding hydrogens is 174 g/mol. The Morgan fingerprint density at radius 1 is 1.36 bits per heavy atom. The van der Waals surface area contributed by atoms with E-state index in [0.29, 0.717) is 6.54 Å². The first-order valence-corrected chi connectivity index (χ1v) is 4.92. The molecular formula is C12H19NO. The quantitative estimate of drug-likeness (QED) is 0.756. The fourth-order valence-corrected chi connectivity index (χ4v) is 1.39. The van der Waals surface area contributed by atoms with E-state index in [2.05, 4.69) is 0 Å². The first-order chi connectivity index (χ1) is 6.45. The lowest BCUT2D eigenvalue weighted by Gasteiger charge is -2.26. The average molecular weight is 193 g/mol. The van der Waals surface area contributed by atoms with E-state index in [1.54, 1.807) is 0 Å². The average Bonchev–Trinajstić information content (AvgIpc) is 2.15. The molecule has 1 atom stereocenters. The van der Waals surface area contributed by atoms with Crippen LogP contribution in [0.25, 0.3) is 0 Å². The lowest BCUT2D eigenvalue weighted by molar-refractivity contribution is 0.0626. The zero-order valence-corrected chi connectivity index (χ0v) is 9.12. The summed E-state index contributed by atoms with van der Waals surface area (Å²) in [6, 6.07) is 7.82. The molecule has 0 aliphatic carbocycles. The van der Waals surface area contributed by atoms with Gasteiger partial charge in [0.25, 0.3) is 0 Å². The number of rotatable bonds is 2. The molecule has 0 radical (unpaired) electrons. The topological polar surface area (TPSA) is 46.2 Å². The standard InChI is InChI=1S/C12H19NO/c1-12(2,3)11(14)10-6-4-5-9(7-10)8-13/h4-7,11,14H,8,13H2,1-3H3. The molecule has 0 amide bonds. The van der Waals surface area contributed by atoms with Crippen LogP contribution in [0.5, 0.6) is 0 Å². The highest BCUT2D eigenvalue weighted by Crippen LogP contribution is 2.32. The van der Waals surface area contributed by atoms with Crippen LogP contribution < -0.4 is 5.73 Å². The summed E-state index contributed by atoms with van der Waals surface area (Å²) in [6.07, 6.45) is -0.436. The van der Waals surface area contributed by atoms with Crippen molar-refractivity contribution >= 4 is 0 Å². The van der Waals surface area contributed by atoms with Crippen LogP contribution in [-0.2, 0) is 6.54 Å². The molecule has 1 unspecified atom stereocenters. The van der Waals surface area contributed by atoms with Gasteiger partial charge in [-0.15, -0.1) is 0 Å². The first-order valence-electron chi connectivity index (χ1n) is 4.92. The Morgan fingerprint density at radius 3 is 2.50 bits per heavy atom. The second-order valence-corrected chi connectivity index (χ2v) is 4.72.